The van der Waals surface area contributed by atoms with E-state index >= 15 is 0 Å². The Bertz CT molecular complexity index is 945. The van der Waals surface area contributed by atoms with Gasteiger partial charge in [-0.25, -0.2) is 0 Å². The summed E-state index contributed by atoms with van der Waals surface area (Å²) in [5, 5.41) is 3.49. The molecule has 7 nitrogen and oxygen atoms in total. The van der Waals surface area contributed by atoms with Crippen molar-refractivity contribution >= 4 is 30.4 Å². The molecule has 1 unspecified atom stereocenters. The molecule has 2 aromatic carbocycles. The molecule has 1 atom stereocenters. The van der Waals surface area contributed by atoms with E-state index in [0.717, 1.165) is 11.1 Å². The molecule has 1 heterocycles. The van der Waals surface area contributed by atoms with Gasteiger partial charge in [0, 0.05) is 6.42 Å². The molecular weight excluding hydrogens is 420 g/mol. The van der Waals surface area contributed by atoms with Crippen molar-refractivity contribution in [2.75, 3.05) is 6.61 Å². The first-order valence-electron chi connectivity index (χ1n) is 9.89. The number of rotatable bonds is 8. The Morgan fingerprint density at radius 2 is 2.00 bits per heavy atom. The van der Waals surface area contributed by atoms with Crippen LogP contribution >= 0.6 is 12.4 Å². The summed E-state index contributed by atoms with van der Waals surface area (Å²) in [7, 11) is 0. The average molecular weight is 447 g/mol. The molecule has 0 saturated heterocycles. The Morgan fingerprint density at radius 1 is 1.26 bits per heavy atom. The van der Waals surface area contributed by atoms with E-state index in [1.165, 1.54) is 0 Å². The van der Waals surface area contributed by atoms with Crippen LogP contribution in [0.3, 0.4) is 0 Å². The summed E-state index contributed by atoms with van der Waals surface area (Å²) in [5.41, 5.74) is 1.66. The summed E-state index contributed by atoms with van der Waals surface area (Å²) in [5.74, 6) is 5.93. The Hall–Kier alpha value is -3.06. The Kier molecular flexibility index (Phi) is 8.45. The minimum atomic E-state index is -0.728. The van der Waals surface area contributed by atoms with Gasteiger partial charge in [-0.2, -0.15) is 5.10 Å². The van der Waals surface area contributed by atoms with Crippen LogP contribution < -0.4 is 15.3 Å². The van der Waals surface area contributed by atoms with Crippen LogP contribution in [0.2, 0.25) is 0 Å². The van der Waals surface area contributed by atoms with Gasteiger partial charge in [0.15, 0.2) is 5.78 Å². The summed E-state index contributed by atoms with van der Waals surface area (Å²) in [4.78, 5) is 24.4. The van der Waals surface area contributed by atoms with E-state index in [1.54, 1.807) is 31.3 Å². The SMILES string of the molecule is CCOC(=O)CCC1(C)CC(=O)c2cc(OCc3ccc(C=NN)cc3)ccc2O1.Cl. The first kappa shape index (κ1) is 24.2. The quantitative estimate of drug-likeness (QED) is 0.284. The molecule has 0 amide bonds. The van der Waals surface area contributed by atoms with Gasteiger partial charge in [0.25, 0.3) is 0 Å². The second kappa shape index (κ2) is 10.8. The van der Waals surface area contributed by atoms with Crippen LogP contribution in [0, 0.1) is 0 Å². The highest BCUT2D eigenvalue weighted by Gasteiger charge is 2.37. The van der Waals surface area contributed by atoms with Crippen LogP contribution in [-0.2, 0) is 16.1 Å². The number of esters is 1. The lowest BCUT2D eigenvalue weighted by Gasteiger charge is -2.35. The molecule has 166 valence electrons. The fourth-order valence-corrected chi connectivity index (χ4v) is 3.33. The second-order valence-corrected chi connectivity index (χ2v) is 7.42. The number of fused-ring (bicyclic) bond motifs is 1. The highest BCUT2D eigenvalue weighted by Crippen LogP contribution is 2.37. The largest absolute Gasteiger partial charge is 0.489 e. The summed E-state index contributed by atoms with van der Waals surface area (Å²) in [6, 6.07) is 12.9. The van der Waals surface area contributed by atoms with Gasteiger partial charge in [-0.15, -0.1) is 12.4 Å². The van der Waals surface area contributed by atoms with E-state index in [4.69, 9.17) is 20.1 Å². The number of benzene rings is 2. The zero-order valence-electron chi connectivity index (χ0n) is 17.6. The van der Waals surface area contributed by atoms with E-state index in [2.05, 4.69) is 5.10 Å². The standard InChI is InChI=1S/C23H26N2O5.ClH/c1-3-28-22(27)10-11-23(2)13-20(26)19-12-18(8-9-21(19)30-23)29-15-17-6-4-16(5-7-17)14-25-24;/h4-9,12,14H,3,10-11,13,15,24H2,1-2H3;1H. The zero-order valence-corrected chi connectivity index (χ0v) is 18.4. The van der Waals surface area contributed by atoms with Crippen molar-refractivity contribution in [2.45, 2.75) is 45.3 Å². The lowest BCUT2D eigenvalue weighted by atomic mass is 9.88. The monoisotopic (exact) mass is 446 g/mol. The third-order valence-electron chi connectivity index (χ3n) is 4.91. The normalized spacial score (nSPS) is 17.4. The van der Waals surface area contributed by atoms with Crippen molar-refractivity contribution in [2.24, 2.45) is 10.9 Å². The molecule has 1 aliphatic heterocycles. The zero-order chi connectivity index (χ0) is 21.6. The first-order valence-corrected chi connectivity index (χ1v) is 9.89. The molecule has 0 bridgehead atoms. The molecule has 31 heavy (non-hydrogen) atoms. The number of Topliss-reactive ketones (excluding diaryl/α,β-unsaturated/α-hetero) is 1. The van der Waals surface area contributed by atoms with Crippen LogP contribution in [0.25, 0.3) is 0 Å². The molecule has 0 fully saturated rings. The smallest absolute Gasteiger partial charge is 0.305 e. The van der Waals surface area contributed by atoms with Crippen LogP contribution in [0.1, 0.15) is 54.6 Å². The van der Waals surface area contributed by atoms with Gasteiger partial charge in [-0.1, -0.05) is 24.3 Å². The number of nitrogens with two attached hydrogens (primary N) is 1. The first-order chi connectivity index (χ1) is 14.4. The molecule has 2 N–H and O–H groups in total. The van der Waals surface area contributed by atoms with E-state index < -0.39 is 5.60 Å². The van der Waals surface area contributed by atoms with Crippen LogP contribution in [0.15, 0.2) is 47.6 Å². The minimum Gasteiger partial charge on any atom is -0.489 e. The van der Waals surface area contributed by atoms with Gasteiger partial charge in [0.05, 0.1) is 24.8 Å². The number of carbonyl (C=O) groups is 2. The van der Waals surface area contributed by atoms with Crippen LogP contribution in [0.5, 0.6) is 11.5 Å². The van der Waals surface area contributed by atoms with Crippen molar-refractivity contribution in [1.29, 1.82) is 0 Å². The lowest BCUT2D eigenvalue weighted by molar-refractivity contribution is -0.144. The number of nitrogens with zero attached hydrogens (tertiary/aromatic N) is 1. The number of hydrogen-bond donors (Lipinski definition) is 1. The second-order valence-electron chi connectivity index (χ2n) is 7.42. The highest BCUT2D eigenvalue weighted by atomic mass is 35.5. The summed E-state index contributed by atoms with van der Waals surface area (Å²) >= 11 is 0. The topological polar surface area (TPSA) is 100 Å². The molecular formula is C23H27ClN2O5. The number of ether oxygens (including phenoxy) is 3. The Labute approximate surface area is 188 Å². The maximum atomic E-state index is 12.7. The van der Waals surface area contributed by atoms with Gasteiger partial charge in [-0.3, -0.25) is 9.59 Å². The molecule has 0 aromatic heterocycles. The number of hydrazone groups is 1. The lowest BCUT2D eigenvalue weighted by Crippen LogP contribution is -2.39. The van der Waals surface area contributed by atoms with Crippen LogP contribution in [-0.4, -0.2) is 30.2 Å². The fraction of sp³-hybridized carbons (Fsp3) is 0.348. The highest BCUT2D eigenvalue weighted by molar-refractivity contribution is 6.00. The molecule has 0 radical (unpaired) electrons. The molecule has 8 heteroatoms. The van der Waals surface area contributed by atoms with E-state index in [1.807, 2.05) is 31.2 Å². The van der Waals surface area contributed by atoms with Crippen molar-refractivity contribution < 1.29 is 23.8 Å². The number of halogens is 1. The maximum Gasteiger partial charge on any atom is 0.305 e. The van der Waals surface area contributed by atoms with Gasteiger partial charge < -0.3 is 20.1 Å². The predicted molar refractivity (Wildman–Crippen MR) is 120 cm³/mol. The van der Waals surface area contributed by atoms with Crippen LogP contribution in [0.4, 0.5) is 0 Å². The van der Waals surface area contributed by atoms with E-state index in [9.17, 15) is 9.59 Å². The van der Waals surface area contributed by atoms with Crippen molar-refractivity contribution in [3.05, 3.63) is 59.2 Å². The van der Waals surface area contributed by atoms with Crippen molar-refractivity contribution in [1.82, 2.24) is 0 Å². The molecule has 1 aliphatic rings. The molecule has 3 rings (SSSR count). The fourth-order valence-electron chi connectivity index (χ4n) is 3.33. The molecule has 0 spiro atoms. The number of ketones is 1. The summed E-state index contributed by atoms with van der Waals surface area (Å²) in [6.45, 7) is 4.32. The molecule has 0 saturated carbocycles. The third kappa shape index (κ3) is 6.46. The average Bonchev–Trinajstić information content (AvgIpc) is 2.72. The third-order valence-corrected chi connectivity index (χ3v) is 4.91. The summed E-state index contributed by atoms with van der Waals surface area (Å²) in [6.07, 6.45) is 2.40. The predicted octanol–water partition coefficient (Wildman–Crippen LogP) is 4.05. The summed E-state index contributed by atoms with van der Waals surface area (Å²) < 4.78 is 16.9. The van der Waals surface area contributed by atoms with Crippen molar-refractivity contribution in [3.8, 4) is 11.5 Å². The minimum absolute atomic E-state index is 0. The van der Waals surface area contributed by atoms with E-state index in [0.29, 0.717) is 36.7 Å². The molecule has 2 aromatic rings. The Balaban J connectivity index is 0.00000341. The number of hydrogen-bond acceptors (Lipinski definition) is 7. The maximum absolute atomic E-state index is 12.7. The van der Waals surface area contributed by atoms with Gasteiger partial charge in [0.2, 0.25) is 0 Å². The molecule has 0 aliphatic carbocycles. The van der Waals surface area contributed by atoms with Gasteiger partial charge >= 0.3 is 5.97 Å². The van der Waals surface area contributed by atoms with Gasteiger partial charge in [-0.05, 0) is 49.6 Å². The Morgan fingerprint density at radius 3 is 2.68 bits per heavy atom. The van der Waals surface area contributed by atoms with Gasteiger partial charge in [0.1, 0.15) is 23.7 Å². The van der Waals surface area contributed by atoms with Crippen molar-refractivity contribution in [3.63, 3.8) is 0 Å². The number of carbonyl (C=O) groups excluding carboxylic acids is 2. The van der Waals surface area contributed by atoms with E-state index in [-0.39, 0.29) is 37.0 Å².